The number of ether oxygens (including phenoxy) is 1. The SMILES string of the molecule is CN(C)C[C@@H](NC(=O)OCc1ccccc1)C(=O)O. The van der Waals surface area contributed by atoms with E-state index in [9.17, 15) is 9.59 Å². The Morgan fingerprint density at radius 3 is 2.47 bits per heavy atom. The zero-order valence-corrected chi connectivity index (χ0v) is 11.0. The van der Waals surface area contributed by atoms with Gasteiger partial charge in [-0.1, -0.05) is 30.3 Å². The molecule has 1 amide bonds. The van der Waals surface area contributed by atoms with Crippen LogP contribution in [0.4, 0.5) is 4.79 Å². The second-order valence-electron chi connectivity index (χ2n) is 4.36. The highest BCUT2D eigenvalue weighted by Crippen LogP contribution is 2.01. The topological polar surface area (TPSA) is 78.9 Å². The summed E-state index contributed by atoms with van der Waals surface area (Å²) >= 11 is 0. The monoisotopic (exact) mass is 266 g/mol. The Labute approximate surface area is 112 Å². The maximum atomic E-state index is 11.5. The van der Waals surface area contributed by atoms with Crippen molar-refractivity contribution < 1.29 is 19.4 Å². The molecule has 1 aromatic carbocycles. The first-order valence-corrected chi connectivity index (χ1v) is 5.84. The molecule has 0 aliphatic heterocycles. The highest BCUT2D eigenvalue weighted by atomic mass is 16.5. The summed E-state index contributed by atoms with van der Waals surface area (Å²) < 4.78 is 4.96. The van der Waals surface area contributed by atoms with Crippen molar-refractivity contribution in [3.8, 4) is 0 Å². The van der Waals surface area contributed by atoms with Crippen LogP contribution in [0.25, 0.3) is 0 Å². The lowest BCUT2D eigenvalue weighted by atomic mass is 10.2. The zero-order valence-electron chi connectivity index (χ0n) is 11.0. The van der Waals surface area contributed by atoms with Crippen LogP contribution in [0.15, 0.2) is 30.3 Å². The molecule has 0 bridgehead atoms. The molecule has 0 aliphatic rings. The van der Waals surface area contributed by atoms with Crippen molar-refractivity contribution in [2.75, 3.05) is 20.6 Å². The van der Waals surface area contributed by atoms with Gasteiger partial charge in [0.1, 0.15) is 12.6 Å². The van der Waals surface area contributed by atoms with Gasteiger partial charge < -0.3 is 20.1 Å². The van der Waals surface area contributed by atoms with Crippen molar-refractivity contribution >= 4 is 12.1 Å². The van der Waals surface area contributed by atoms with E-state index in [-0.39, 0.29) is 13.2 Å². The van der Waals surface area contributed by atoms with Crippen LogP contribution in [0, 0.1) is 0 Å². The molecule has 0 unspecified atom stereocenters. The minimum atomic E-state index is -1.09. The largest absolute Gasteiger partial charge is 0.480 e. The number of nitrogens with zero attached hydrogens (tertiary/aromatic N) is 1. The van der Waals surface area contributed by atoms with Crippen LogP contribution in [-0.2, 0) is 16.1 Å². The van der Waals surface area contributed by atoms with Crippen LogP contribution in [0.5, 0.6) is 0 Å². The van der Waals surface area contributed by atoms with Crippen molar-refractivity contribution in [3.63, 3.8) is 0 Å². The summed E-state index contributed by atoms with van der Waals surface area (Å²) in [5.41, 5.74) is 0.845. The van der Waals surface area contributed by atoms with E-state index < -0.39 is 18.1 Å². The number of amides is 1. The Bertz CT molecular complexity index is 420. The van der Waals surface area contributed by atoms with E-state index in [1.165, 1.54) is 0 Å². The van der Waals surface area contributed by atoms with Crippen LogP contribution in [0.3, 0.4) is 0 Å². The Hall–Kier alpha value is -2.08. The number of rotatable bonds is 6. The summed E-state index contributed by atoms with van der Waals surface area (Å²) in [5, 5.41) is 11.3. The molecule has 0 heterocycles. The number of nitrogens with one attached hydrogen (secondary N) is 1. The van der Waals surface area contributed by atoms with Gasteiger partial charge in [-0.15, -0.1) is 0 Å². The number of benzene rings is 1. The van der Waals surface area contributed by atoms with Crippen molar-refractivity contribution in [1.29, 1.82) is 0 Å². The van der Waals surface area contributed by atoms with E-state index in [1.54, 1.807) is 19.0 Å². The van der Waals surface area contributed by atoms with Crippen LogP contribution in [0.1, 0.15) is 5.56 Å². The van der Waals surface area contributed by atoms with Gasteiger partial charge in [0.15, 0.2) is 0 Å². The first kappa shape index (κ1) is 15.0. The fourth-order valence-corrected chi connectivity index (χ4v) is 1.46. The number of carbonyl (C=O) groups excluding carboxylic acids is 1. The fourth-order valence-electron chi connectivity index (χ4n) is 1.46. The average molecular weight is 266 g/mol. The number of carboxylic acid groups (broad SMARTS) is 1. The lowest BCUT2D eigenvalue weighted by Gasteiger charge is -2.18. The smallest absolute Gasteiger partial charge is 0.408 e. The molecule has 0 spiro atoms. The Kier molecular flexibility index (Phi) is 5.81. The molecule has 1 atom stereocenters. The van der Waals surface area contributed by atoms with Gasteiger partial charge in [0.05, 0.1) is 0 Å². The molecule has 1 aromatic rings. The van der Waals surface area contributed by atoms with E-state index >= 15 is 0 Å². The van der Waals surface area contributed by atoms with Crippen molar-refractivity contribution in [2.24, 2.45) is 0 Å². The molecular formula is C13H18N2O4. The Balaban J connectivity index is 2.42. The first-order valence-electron chi connectivity index (χ1n) is 5.84. The normalized spacial score (nSPS) is 11.9. The van der Waals surface area contributed by atoms with Gasteiger partial charge in [-0.05, 0) is 19.7 Å². The summed E-state index contributed by atoms with van der Waals surface area (Å²) in [6.07, 6.45) is -0.738. The van der Waals surface area contributed by atoms with Crippen LogP contribution >= 0.6 is 0 Å². The van der Waals surface area contributed by atoms with Crippen LogP contribution < -0.4 is 5.32 Å². The second kappa shape index (κ2) is 7.38. The van der Waals surface area contributed by atoms with Crippen LogP contribution in [0.2, 0.25) is 0 Å². The maximum Gasteiger partial charge on any atom is 0.408 e. The minimum Gasteiger partial charge on any atom is -0.480 e. The van der Waals surface area contributed by atoms with E-state index in [0.29, 0.717) is 0 Å². The molecule has 0 aromatic heterocycles. The lowest BCUT2D eigenvalue weighted by molar-refractivity contribution is -0.139. The number of hydrogen-bond acceptors (Lipinski definition) is 4. The van der Waals surface area contributed by atoms with E-state index in [0.717, 1.165) is 5.56 Å². The molecule has 6 heteroatoms. The standard InChI is InChI=1S/C13H18N2O4/c1-15(2)8-11(12(16)17)14-13(18)19-9-10-6-4-3-5-7-10/h3-7,11H,8-9H2,1-2H3,(H,14,18)(H,16,17)/t11-/m1/s1. The molecule has 0 saturated carbocycles. The number of carbonyl (C=O) groups is 2. The summed E-state index contributed by atoms with van der Waals surface area (Å²) in [7, 11) is 3.46. The Morgan fingerprint density at radius 2 is 1.95 bits per heavy atom. The van der Waals surface area contributed by atoms with E-state index in [4.69, 9.17) is 9.84 Å². The summed E-state index contributed by atoms with van der Waals surface area (Å²) in [5.74, 6) is -1.09. The Morgan fingerprint density at radius 1 is 1.32 bits per heavy atom. The van der Waals surface area contributed by atoms with Gasteiger partial charge in [0.25, 0.3) is 0 Å². The van der Waals surface area contributed by atoms with Gasteiger partial charge in [-0.2, -0.15) is 0 Å². The molecule has 0 fully saturated rings. The molecule has 6 nitrogen and oxygen atoms in total. The van der Waals surface area contributed by atoms with E-state index in [2.05, 4.69) is 5.32 Å². The van der Waals surface area contributed by atoms with Gasteiger partial charge in [-0.25, -0.2) is 9.59 Å². The summed E-state index contributed by atoms with van der Waals surface area (Å²) in [4.78, 5) is 24.1. The molecule has 0 radical (unpaired) electrons. The minimum absolute atomic E-state index is 0.112. The van der Waals surface area contributed by atoms with Crippen LogP contribution in [-0.4, -0.2) is 48.8 Å². The molecule has 0 aliphatic carbocycles. The lowest BCUT2D eigenvalue weighted by Crippen LogP contribution is -2.47. The third-order valence-corrected chi connectivity index (χ3v) is 2.35. The number of likely N-dealkylation sites (N-methyl/N-ethyl adjacent to an activating group) is 1. The predicted molar refractivity (Wildman–Crippen MR) is 69.7 cm³/mol. The maximum absolute atomic E-state index is 11.5. The molecule has 2 N–H and O–H groups in total. The first-order chi connectivity index (χ1) is 8.99. The summed E-state index contributed by atoms with van der Waals surface area (Å²) in [6.45, 7) is 0.316. The summed E-state index contributed by atoms with van der Waals surface area (Å²) in [6, 6.07) is 8.19. The third-order valence-electron chi connectivity index (χ3n) is 2.35. The zero-order chi connectivity index (χ0) is 14.3. The van der Waals surface area contributed by atoms with E-state index in [1.807, 2.05) is 30.3 Å². The molecule has 0 saturated heterocycles. The fraction of sp³-hybridized carbons (Fsp3) is 0.385. The average Bonchev–Trinajstić information content (AvgIpc) is 2.36. The second-order valence-corrected chi connectivity index (χ2v) is 4.36. The number of hydrogen-bond donors (Lipinski definition) is 2. The molecular weight excluding hydrogens is 248 g/mol. The predicted octanol–water partition coefficient (Wildman–Crippen LogP) is 0.928. The van der Waals surface area contributed by atoms with Gasteiger partial charge >= 0.3 is 12.1 Å². The molecule has 19 heavy (non-hydrogen) atoms. The number of alkyl carbamates (subject to hydrolysis) is 1. The van der Waals surface area contributed by atoms with Crippen molar-refractivity contribution in [2.45, 2.75) is 12.6 Å². The third kappa shape index (κ3) is 5.87. The van der Waals surface area contributed by atoms with Gasteiger partial charge in [-0.3, -0.25) is 0 Å². The molecule has 1 rings (SSSR count). The van der Waals surface area contributed by atoms with Gasteiger partial charge in [0.2, 0.25) is 0 Å². The quantitative estimate of drug-likeness (QED) is 0.800. The highest BCUT2D eigenvalue weighted by molar-refractivity contribution is 5.80. The number of carboxylic acids is 1. The van der Waals surface area contributed by atoms with Gasteiger partial charge in [0, 0.05) is 6.54 Å². The molecule has 104 valence electrons. The number of aliphatic carboxylic acids is 1. The van der Waals surface area contributed by atoms with Crippen molar-refractivity contribution in [3.05, 3.63) is 35.9 Å². The highest BCUT2D eigenvalue weighted by Gasteiger charge is 2.21. The van der Waals surface area contributed by atoms with Crippen molar-refractivity contribution in [1.82, 2.24) is 10.2 Å².